The highest BCUT2D eigenvalue weighted by Crippen LogP contribution is 2.39. The molecule has 5 heterocycles. The van der Waals surface area contributed by atoms with Crippen LogP contribution in [-0.4, -0.2) is 31.2 Å². The van der Waals surface area contributed by atoms with Gasteiger partial charge in [0.1, 0.15) is 5.00 Å². The van der Waals surface area contributed by atoms with E-state index in [0.717, 1.165) is 11.1 Å². The first-order valence-electron chi connectivity index (χ1n) is 11.7. The fourth-order valence-electron chi connectivity index (χ4n) is 5.41. The number of pyridine rings is 1. The summed E-state index contributed by atoms with van der Waals surface area (Å²) in [6.07, 6.45) is 0. The van der Waals surface area contributed by atoms with Gasteiger partial charge in [-0.15, -0.1) is 11.3 Å². The molecule has 8 nitrogen and oxygen atoms in total. The van der Waals surface area contributed by atoms with Crippen LogP contribution in [0.2, 0.25) is 0 Å². The van der Waals surface area contributed by atoms with Crippen molar-refractivity contribution in [3.05, 3.63) is 86.5 Å². The predicted octanol–water partition coefficient (Wildman–Crippen LogP) is 5.01. The quantitative estimate of drug-likeness (QED) is 0.293. The highest BCUT2D eigenvalue weighted by atomic mass is 32.1. The molecule has 0 unspecified atom stereocenters. The van der Waals surface area contributed by atoms with Crippen molar-refractivity contribution in [2.75, 3.05) is 4.90 Å². The Hall–Kier alpha value is -4.76. The Bertz CT molecular complexity index is 2210. The smallest absolute Gasteiger partial charge is 0.266 e. The molecule has 0 saturated carbocycles. The third-order valence-electron chi connectivity index (χ3n) is 7.31. The van der Waals surface area contributed by atoms with Crippen LogP contribution >= 0.6 is 11.3 Å². The second kappa shape index (κ2) is 6.71. The summed E-state index contributed by atoms with van der Waals surface area (Å²) in [5.41, 5.74) is 5.18. The number of imide groups is 1. The molecule has 0 saturated heterocycles. The van der Waals surface area contributed by atoms with Crippen LogP contribution in [0.1, 0.15) is 31.8 Å². The van der Waals surface area contributed by atoms with E-state index in [-0.39, 0.29) is 5.56 Å². The van der Waals surface area contributed by atoms with Crippen LogP contribution in [0, 0.1) is 13.8 Å². The third-order valence-corrected chi connectivity index (χ3v) is 8.16. The monoisotopic (exact) mass is 501 g/mol. The van der Waals surface area contributed by atoms with Crippen molar-refractivity contribution in [1.82, 2.24) is 19.4 Å². The molecule has 0 atom stereocenters. The zero-order chi connectivity index (χ0) is 25.2. The van der Waals surface area contributed by atoms with Gasteiger partial charge in [-0.25, -0.2) is 24.3 Å². The van der Waals surface area contributed by atoms with Gasteiger partial charge in [0.25, 0.3) is 17.4 Å². The molecule has 37 heavy (non-hydrogen) atoms. The van der Waals surface area contributed by atoms with Crippen LogP contribution in [0.3, 0.4) is 0 Å². The van der Waals surface area contributed by atoms with Crippen molar-refractivity contribution in [3.8, 4) is 0 Å². The van der Waals surface area contributed by atoms with E-state index >= 15 is 0 Å². The van der Waals surface area contributed by atoms with E-state index in [0.29, 0.717) is 65.6 Å². The van der Waals surface area contributed by atoms with Crippen molar-refractivity contribution in [3.63, 3.8) is 0 Å². The van der Waals surface area contributed by atoms with E-state index < -0.39 is 11.8 Å². The largest absolute Gasteiger partial charge is 0.268 e. The number of fused-ring (bicyclic) bond motifs is 5. The topological polar surface area (TPSA) is 97.5 Å². The second-order valence-corrected chi connectivity index (χ2v) is 10.3. The highest BCUT2D eigenvalue weighted by Gasteiger charge is 2.36. The number of anilines is 1. The maximum atomic E-state index is 13.8. The average Bonchev–Trinajstić information content (AvgIpc) is 3.54. The summed E-state index contributed by atoms with van der Waals surface area (Å²) >= 11 is 1.32. The van der Waals surface area contributed by atoms with Crippen molar-refractivity contribution in [1.29, 1.82) is 0 Å². The molecule has 0 radical (unpaired) electrons. The summed E-state index contributed by atoms with van der Waals surface area (Å²) in [7, 11) is 0. The molecule has 9 heteroatoms. The maximum Gasteiger partial charge on any atom is 0.266 e. The molecular weight excluding hydrogens is 486 g/mol. The SMILES string of the molecule is Cc1cc2nc3nc4c5ccc6c7c(ccc(c(=O)n4c3nc2cc1C)c75)C(=O)N(c1cccs1)C6=O. The second-order valence-electron chi connectivity index (χ2n) is 9.34. The minimum absolute atomic E-state index is 0.313. The van der Waals surface area contributed by atoms with Crippen LogP contribution in [-0.2, 0) is 0 Å². The zero-order valence-corrected chi connectivity index (χ0v) is 20.4. The van der Waals surface area contributed by atoms with E-state index in [4.69, 9.17) is 15.0 Å². The van der Waals surface area contributed by atoms with E-state index in [1.54, 1.807) is 36.4 Å². The van der Waals surface area contributed by atoms with Crippen molar-refractivity contribution >= 4 is 77.7 Å². The number of aryl methyl sites for hydroxylation is 2. The maximum absolute atomic E-state index is 13.8. The first kappa shape index (κ1) is 20.4. The molecule has 3 aromatic carbocycles. The minimum Gasteiger partial charge on any atom is -0.268 e. The Morgan fingerprint density at radius 1 is 0.730 bits per heavy atom. The Morgan fingerprint density at radius 2 is 1.41 bits per heavy atom. The Morgan fingerprint density at radius 3 is 2.08 bits per heavy atom. The van der Waals surface area contributed by atoms with Gasteiger partial charge in [0.05, 0.1) is 11.0 Å². The average molecular weight is 502 g/mol. The number of hydrogen-bond acceptors (Lipinski definition) is 7. The van der Waals surface area contributed by atoms with E-state index in [2.05, 4.69) is 0 Å². The van der Waals surface area contributed by atoms with Crippen molar-refractivity contribution in [2.45, 2.75) is 13.8 Å². The molecule has 0 spiro atoms. The van der Waals surface area contributed by atoms with E-state index in [1.165, 1.54) is 20.6 Å². The summed E-state index contributed by atoms with van der Waals surface area (Å²) < 4.78 is 1.49. The van der Waals surface area contributed by atoms with E-state index in [9.17, 15) is 14.4 Å². The summed E-state index contributed by atoms with van der Waals surface area (Å²) in [6, 6.07) is 14.3. The van der Waals surface area contributed by atoms with Gasteiger partial charge in [-0.05, 0) is 78.9 Å². The lowest BCUT2D eigenvalue weighted by atomic mass is 9.90. The van der Waals surface area contributed by atoms with Gasteiger partial charge in [-0.2, -0.15) is 0 Å². The van der Waals surface area contributed by atoms with Crippen LogP contribution in [0.25, 0.3) is 49.5 Å². The van der Waals surface area contributed by atoms with Gasteiger partial charge in [0.15, 0.2) is 16.9 Å². The fourth-order valence-corrected chi connectivity index (χ4v) is 6.13. The molecule has 176 valence electrons. The van der Waals surface area contributed by atoms with Crippen LogP contribution in [0.5, 0.6) is 0 Å². The third kappa shape index (κ3) is 2.46. The normalized spacial score (nSPS) is 13.8. The number of amides is 2. The predicted molar refractivity (Wildman–Crippen MR) is 143 cm³/mol. The van der Waals surface area contributed by atoms with Gasteiger partial charge in [-0.3, -0.25) is 14.4 Å². The molecule has 0 aliphatic carbocycles. The molecule has 7 aromatic rings. The molecular formula is C28H15N5O3S. The minimum atomic E-state index is -0.407. The first-order chi connectivity index (χ1) is 17.9. The van der Waals surface area contributed by atoms with Gasteiger partial charge in [-0.1, -0.05) is 0 Å². The molecule has 0 fully saturated rings. The molecule has 0 N–H and O–H groups in total. The van der Waals surface area contributed by atoms with Crippen LogP contribution in [0.15, 0.2) is 58.7 Å². The molecule has 0 bridgehead atoms. The molecule has 8 rings (SSSR count). The lowest BCUT2D eigenvalue weighted by molar-refractivity contribution is 0.0894. The van der Waals surface area contributed by atoms with Gasteiger partial charge >= 0.3 is 0 Å². The van der Waals surface area contributed by atoms with Gasteiger partial charge in [0.2, 0.25) is 0 Å². The Labute approximate surface area is 211 Å². The highest BCUT2D eigenvalue weighted by molar-refractivity contribution is 7.14. The van der Waals surface area contributed by atoms with E-state index in [1.807, 2.05) is 31.4 Å². The van der Waals surface area contributed by atoms with Gasteiger partial charge < -0.3 is 0 Å². The molecule has 2 amide bonds. The van der Waals surface area contributed by atoms with Gasteiger partial charge in [0, 0.05) is 32.7 Å². The Balaban J connectivity index is 1.51. The number of hydrogen-bond donors (Lipinski definition) is 0. The van der Waals surface area contributed by atoms with Crippen molar-refractivity contribution in [2.24, 2.45) is 0 Å². The standard InChI is InChI=1S/C28H15N5O3S/c1-12-10-18-19(11-13(12)2)30-25-23(29-18)31-24-14-5-6-16-22-17(8-7-15(21(14)22)28(36)33(24)25)27(35)32(26(16)34)20-4-3-9-37-20/h3-11H,1-2H3. The molecule has 4 aromatic heterocycles. The Kier molecular flexibility index (Phi) is 3.71. The fraction of sp³-hybridized carbons (Fsp3) is 0.0714. The number of aromatic nitrogens is 4. The van der Waals surface area contributed by atoms with Crippen LogP contribution in [0.4, 0.5) is 5.00 Å². The van der Waals surface area contributed by atoms with Crippen molar-refractivity contribution < 1.29 is 9.59 Å². The number of nitrogens with zero attached hydrogens (tertiary/aromatic N) is 5. The summed E-state index contributed by atoms with van der Waals surface area (Å²) in [5, 5.41) is 4.49. The number of benzene rings is 3. The number of carbonyl (C=O) groups is 2. The molecule has 1 aliphatic rings. The first-order valence-corrected chi connectivity index (χ1v) is 12.5. The number of carbonyl (C=O) groups excluding carboxylic acids is 2. The summed E-state index contributed by atoms with van der Waals surface area (Å²) in [6.45, 7) is 4.02. The summed E-state index contributed by atoms with van der Waals surface area (Å²) in [5.74, 6) is -0.814. The molecule has 1 aliphatic heterocycles. The number of thiophene rings is 1. The summed E-state index contributed by atoms with van der Waals surface area (Å²) in [4.78, 5) is 56.2. The van der Waals surface area contributed by atoms with Crippen LogP contribution < -0.4 is 10.5 Å². The number of imidazole rings is 1. The lowest BCUT2D eigenvalue weighted by Gasteiger charge is -2.26. The number of rotatable bonds is 1. The lowest BCUT2D eigenvalue weighted by Crippen LogP contribution is -2.40. The zero-order valence-electron chi connectivity index (χ0n) is 19.6.